The third-order valence-electron chi connectivity index (χ3n) is 3.93. The zero-order valence-electron chi connectivity index (χ0n) is 12.4. The minimum atomic E-state index is 0.563. The van der Waals surface area contributed by atoms with E-state index in [4.69, 9.17) is 11.5 Å². The van der Waals surface area contributed by atoms with Crippen LogP contribution in [0.3, 0.4) is 0 Å². The summed E-state index contributed by atoms with van der Waals surface area (Å²) in [5.74, 6) is 0.563. The maximum absolute atomic E-state index is 6.19. The van der Waals surface area contributed by atoms with Crippen molar-refractivity contribution in [2.24, 2.45) is 0 Å². The number of nitrogens with zero attached hydrogens (tertiary/aromatic N) is 1. The molecule has 0 fully saturated rings. The number of pyridine rings is 1. The summed E-state index contributed by atoms with van der Waals surface area (Å²) in [6.45, 7) is 0. The summed E-state index contributed by atoms with van der Waals surface area (Å²) in [7, 11) is 0. The lowest BCUT2D eigenvalue weighted by atomic mass is 10.0. The van der Waals surface area contributed by atoms with E-state index in [9.17, 15) is 0 Å². The van der Waals surface area contributed by atoms with Gasteiger partial charge in [0.15, 0.2) is 0 Å². The van der Waals surface area contributed by atoms with Crippen molar-refractivity contribution in [1.82, 2.24) is 4.98 Å². The SMILES string of the molecule is Nc1ccc(-c2csc3c(-c4ccccc4)cnc(N)c23)cc1. The van der Waals surface area contributed by atoms with Gasteiger partial charge in [-0.2, -0.15) is 0 Å². The molecule has 112 valence electrons. The quantitative estimate of drug-likeness (QED) is 0.522. The molecule has 2 aromatic heterocycles. The van der Waals surface area contributed by atoms with Gasteiger partial charge in [0.05, 0.1) is 0 Å². The average molecular weight is 317 g/mol. The summed E-state index contributed by atoms with van der Waals surface area (Å²) in [4.78, 5) is 4.42. The van der Waals surface area contributed by atoms with Crippen LogP contribution < -0.4 is 11.5 Å². The van der Waals surface area contributed by atoms with Gasteiger partial charge in [0.1, 0.15) is 5.82 Å². The van der Waals surface area contributed by atoms with Crippen molar-refractivity contribution in [3.63, 3.8) is 0 Å². The van der Waals surface area contributed by atoms with Gasteiger partial charge in [0.25, 0.3) is 0 Å². The van der Waals surface area contributed by atoms with E-state index in [1.54, 1.807) is 11.3 Å². The van der Waals surface area contributed by atoms with Gasteiger partial charge >= 0.3 is 0 Å². The molecule has 2 heterocycles. The van der Waals surface area contributed by atoms with Crippen LogP contribution in [0.25, 0.3) is 32.3 Å². The number of benzene rings is 2. The lowest BCUT2D eigenvalue weighted by Gasteiger charge is -2.07. The van der Waals surface area contributed by atoms with Crippen molar-refractivity contribution in [3.8, 4) is 22.3 Å². The summed E-state index contributed by atoms with van der Waals surface area (Å²) < 4.78 is 1.16. The zero-order valence-corrected chi connectivity index (χ0v) is 13.2. The van der Waals surface area contributed by atoms with E-state index in [1.807, 2.05) is 48.7 Å². The van der Waals surface area contributed by atoms with Crippen molar-refractivity contribution < 1.29 is 0 Å². The number of thiophene rings is 1. The molecule has 23 heavy (non-hydrogen) atoms. The lowest BCUT2D eigenvalue weighted by Crippen LogP contribution is -1.92. The number of rotatable bonds is 2. The van der Waals surface area contributed by atoms with Gasteiger partial charge in [-0.25, -0.2) is 4.98 Å². The van der Waals surface area contributed by atoms with E-state index in [0.717, 1.165) is 38.0 Å². The van der Waals surface area contributed by atoms with E-state index in [0.29, 0.717) is 5.82 Å². The number of aromatic nitrogens is 1. The molecule has 0 aliphatic heterocycles. The maximum Gasteiger partial charge on any atom is 0.132 e. The maximum atomic E-state index is 6.19. The molecule has 0 aliphatic carbocycles. The molecular formula is C19H15N3S. The Morgan fingerprint density at radius 1 is 0.783 bits per heavy atom. The number of hydrogen-bond donors (Lipinski definition) is 2. The Hall–Kier alpha value is -2.85. The van der Waals surface area contributed by atoms with E-state index in [2.05, 4.69) is 22.5 Å². The fraction of sp³-hybridized carbons (Fsp3) is 0. The van der Waals surface area contributed by atoms with Gasteiger partial charge in [-0.05, 0) is 28.6 Å². The van der Waals surface area contributed by atoms with Crippen LogP contribution in [0.5, 0.6) is 0 Å². The van der Waals surface area contributed by atoms with Crippen molar-refractivity contribution in [2.75, 3.05) is 11.5 Å². The minimum absolute atomic E-state index is 0.563. The number of anilines is 2. The van der Waals surface area contributed by atoms with Crippen molar-refractivity contribution in [3.05, 3.63) is 66.2 Å². The summed E-state index contributed by atoms with van der Waals surface area (Å²) >= 11 is 1.70. The van der Waals surface area contributed by atoms with E-state index in [-0.39, 0.29) is 0 Å². The Morgan fingerprint density at radius 2 is 1.48 bits per heavy atom. The smallest absolute Gasteiger partial charge is 0.132 e. The molecule has 0 radical (unpaired) electrons. The first-order chi connectivity index (χ1) is 11.2. The molecule has 4 aromatic rings. The highest BCUT2D eigenvalue weighted by Gasteiger charge is 2.14. The summed E-state index contributed by atoms with van der Waals surface area (Å²) in [5.41, 5.74) is 17.2. The predicted molar refractivity (Wildman–Crippen MR) is 99.3 cm³/mol. The molecule has 0 amide bonds. The van der Waals surface area contributed by atoms with Gasteiger partial charge in [-0.15, -0.1) is 11.3 Å². The van der Waals surface area contributed by atoms with Gasteiger partial charge in [-0.1, -0.05) is 42.5 Å². The van der Waals surface area contributed by atoms with Crippen LogP contribution in [0, 0.1) is 0 Å². The molecule has 0 bridgehead atoms. The highest BCUT2D eigenvalue weighted by Crippen LogP contribution is 2.41. The fourth-order valence-corrected chi connectivity index (χ4v) is 3.89. The Kier molecular flexibility index (Phi) is 3.24. The van der Waals surface area contributed by atoms with Gasteiger partial charge in [0, 0.05) is 33.1 Å². The van der Waals surface area contributed by atoms with Crippen molar-refractivity contribution >= 4 is 32.9 Å². The van der Waals surface area contributed by atoms with E-state index in [1.165, 1.54) is 0 Å². The molecular weight excluding hydrogens is 302 g/mol. The Bertz CT molecular complexity index is 973. The fourth-order valence-electron chi connectivity index (χ4n) is 2.77. The highest BCUT2D eigenvalue weighted by atomic mass is 32.1. The van der Waals surface area contributed by atoms with Crippen LogP contribution >= 0.6 is 11.3 Å². The van der Waals surface area contributed by atoms with Crippen molar-refractivity contribution in [2.45, 2.75) is 0 Å². The Balaban J connectivity index is 1.97. The molecule has 0 spiro atoms. The third-order valence-corrected chi connectivity index (χ3v) is 4.94. The largest absolute Gasteiger partial charge is 0.399 e. The summed E-state index contributed by atoms with van der Waals surface area (Å²) in [6.07, 6.45) is 1.86. The molecule has 0 atom stereocenters. The highest BCUT2D eigenvalue weighted by molar-refractivity contribution is 7.18. The first-order valence-electron chi connectivity index (χ1n) is 7.31. The second-order valence-electron chi connectivity index (χ2n) is 5.40. The van der Waals surface area contributed by atoms with Gasteiger partial charge in [-0.3, -0.25) is 0 Å². The molecule has 3 nitrogen and oxygen atoms in total. The Morgan fingerprint density at radius 3 is 2.22 bits per heavy atom. The number of nitrogen functional groups attached to an aromatic ring is 2. The lowest BCUT2D eigenvalue weighted by molar-refractivity contribution is 1.37. The van der Waals surface area contributed by atoms with Crippen LogP contribution in [0.1, 0.15) is 0 Å². The van der Waals surface area contributed by atoms with E-state index < -0.39 is 0 Å². The number of fused-ring (bicyclic) bond motifs is 1. The van der Waals surface area contributed by atoms with Crippen LogP contribution in [0.2, 0.25) is 0 Å². The molecule has 0 saturated heterocycles. The first kappa shape index (κ1) is 13.8. The molecule has 4 heteroatoms. The van der Waals surface area contributed by atoms with Crippen LogP contribution in [0.15, 0.2) is 66.2 Å². The molecule has 0 saturated carbocycles. The van der Waals surface area contributed by atoms with Gasteiger partial charge in [0.2, 0.25) is 0 Å². The average Bonchev–Trinajstić information content (AvgIpc) is 3.03. The molecule has 4 N–H and O–H groups in total. The monoisotopic (exact) mass is 317 g/mol. The second kappa shape index (κ2) is 5.41. The molecule has 0 aliphatic rings. The summed E-state index contributed by atoms with van der Waals surface area (Å²) in [6, 6.07) is 18.1. The molecule has 4 rings (SSSR count). The second-order valence-corrected chi connectivity index (χ2v) is 6.28. The summed E-state index contributed by atoms with van der Waals surface area (Å²) in [5, 5.41) is 3.15. The van der Waals surface area contributed by atoms with Crippen LogP contribution in [0.4, 0.5) is 11.5 Å². The number of hydrogen-bond acceptors (Lipinski definition) is 4. The van der Waals surface area contributed by atoms with Crippen LogP contribution in [-0.4, -0.2) is 4.98 Å². The third kappa shape index (κ3) is 2.33. The topological polar surface area (TPSA) is 64.9 Å². The van der Waals surface area contributed by atoms with Gasteiger partial charge < -0.3 is 11.5 Å². The van der Waals surface area contributed by atoms with Crippen molar-refractivity contribution in [1.29, 1.82) is 0 Å². The zero-order chi connectivity index (χ0) is 15.8. The molecule has 0 unspecified atom stereocenters. The minimum Gasteiger partial charge on any atom is -0.399 e. The Labute approximate surface area is 138 Å². The first-order valence-corrected chi connectivity index (χ1v) is 8.19. The molecule has 2 aromatic carbocycles. The van der Waals surface area contributed by atoms with Crippen LogP contribution in [-0.2, 0) is 0 Å². The normalized spacial score (nSPS) is 11.0. The number of nitrogens with two attached hydrogens (primary N) is 2. The standard InChI is InChI=1S/C19H15N3S/c20-14-8-6-13(7-9-14)16-11-23-18-15(10-22-19(21)17(16)18)12-4-2-1-3-5-12/h1-11H,20H2,(H2,21,22). The van der Waals surface area contributed by atoms with E-state index >= 15 is 0 Å². The predicted octanol–water partition coefficient (Wildman–Crippen LogP) is 4.79.